The summed E-state index contributed by atoms with van der Waals surface area (Å²) in [4.78, 5) is 14.6. The molecular weight excluding hydrogens is 360 g/mol. The zero-order chi connectivity index (χ0) is 18.5. The number of ether oxygens (including phenoxy) is 1. The fraction of sp³-hybridized carbons (Fsp3) is 0.250. The number of carbonyl (C=O) groups excluding carboxylic acids is 1. The van der Waals surface area contributed by atoms with Gasteiger partial charge in [-0.3, -0.25) is 9.36 Å². The lowest BCUT2D eigenvalue weighted by atomic mass is 10.2. The van der Waals surface area contributed by atoms with Crippen molar-refractivity contribution >= 4 is 23.5 Å². The van der Waals surface area contributed by atoms with Gasteiger partial charge in [-0.1, -0.05) is 60.3 Å². The van der Waals surface area contributed by atoms with Crippen molar-refractivity contribution in [1.82, 2.24) is 14.8 Å². The summed E-state index contributed by atoms with van der Waals surface area (Å²) in [5.41, 5.74) is 1.70. The number of Topliss-reactive ketones (excluding diaryl/α,β-unsaturated/α-hetero) is 1. The average molecular weight is 380 g/mol. The number of nitrogens with zero attached hydrogens (tertiary/aromatic N) is 4. The summed E-state index contributed by atoms with van der Waals surface area (Å²) in [6, 6.07) is 19.3. The van der Waals surface area contributed by atoms with E-state index in [4.69, 9.17) is 4.74 Å². The molecule has 3 aromatic rings. The third kappa shape index (κ3) is 4.04. The van der Waals surface area contributed by atoms with Gasteiger partial charge in [0.15, 0.2) is 10.9 Å². The number of hydrogen-bond acceptors (Lipinski definition) is 6. The molecule has 1 fully saturated rings. The molecule has 0 atom stereocenters. The van der Waals surface area contributed by atoms with Crippen LogP contribution in [0.3, 0.4) is 0 Å². The van der Waals surface area contributed by atoms with Gasteiger partial charge in [0.05, 0.1) is 24.7 Å². The van der Waals surface area contributed by atoms with Gasteiger partial charge in [0, 0.05) is 18.7 Å². The highest BCUT2D eigenvalue weighted by atomic mass is 32.2. The van der Waals surface area contributed by atoms with Gasteiger partial charge in [-0.05, 0) is 12.1 Å². The lowest BCUT2D eigenvalue weighted by Gasteiger charge is -2.27. The largest absolute Gasteiger partial charge is 0.378 e. The van der Waals surface area contributed by atoms with E-state index in [-0.39, 0.29) is 5.78 Å². The zero-order valence-electron chi connectivity index (χ0n) is 14.8. The number of anilines is 1. The van der Waals surface area contributed by atoms with Crippen LogP contribution in [0.25, 0.3) is 5.69 Å². The molecule has 0 unspecified atom stereocenters. The van der Waals surface area contributed by atoms with E-state index in [1.54, 1.807) is 0 Å². The molecule has 1 aromatic heterocycles. The van der Waals surface area contributed by atoms with Gasteiger partial charge in [0.2, 0.25) is 5.95 Å². The summed E-state index contributed by atoms with van der Waals surface area (Å²) in [6.07, 6.45) is 0. The lowest BCUT2D eigenvalue weighted by Crippen LogP contribution is -2.37. The summed E-state index contributed by atoms with van der Waals surface area (Å²) in [5.74, 6) is 1.19. The monoisotopic (exact) mass is 380 g/mol. The Balaban J connectivity index is 1.60. The summed E-state index contributed by atoms with van der Waals surface area (Å²) in [6.45, 7) is 2.91. The molecule has 0 bridgehead atoms. The quantitative estimate of drug-likeness (QED) is 0.484. The first-order valence-electron chi connectivity index (χ1n) is 8.87. The van der Waals surface area contributed by atoms with Crippen molar-refractivity contribution < 1.29 is 9.53 Å². The molecule has 0 N–H and O–H groups in total. The second-order valence-corrected chi connectivity index (χ2v) is 7.07. The minimum Gasteiger partial charge on any atom is -0.378 e. The van der Waals surface area contributed by atoms with Crippen molar-refractivity contribution in [3.63, 3.8) is 0 Å². The normalized spacial score (nSPS) is 14.3. The number of carbonyl (C=O) groups is 1. The zero-order valence-corrected chi connectivity index (χ0v) is 15.6. The predicted molar refractivity (Wildman–Crippen MR) is 106 cm³/mol. The highest BCUT2D eigenvalue weighted by Crippen LogP contribution is 2.27. The Kier molecular flexibility index (Phi) is 5.50. The van der Waals surface area contributed by atoms with E-state index in [0.717, 1.165) is 24.7 Å². The number of para-hydroxylation sites is 1. The molecule has 1 aliphatic heterocycles. The smallest absolute Gasteiger partial charge is 0.232 e. The van der Waals surface area contributed by atoms with Gasteiger partial charge in [0.1, 0.15) is 0 Å². The van der Waals surface area contributed by atoms with Crippen molar-refractivity contribution in [2.75, 3.05) is 37.0 Å². The van der Waals surface area contributed by atoms with E-state index in [0.29, 0.717) is 29.7 Å². The van der Waals surface area contributed by atoms with E-state index in [1.807, 2.05) is 65.2 Å². The number of hydrogen-bond donors (Lipinski definition) is 0. The molecule has 7 heteroatoms. The fourth-order valence-electron chi connectivity index (χ4n) is 2.96. The van der Waals surface area contributed by atoms with Crippen LogP contribution in [0.15, 0.2) is 65.8 Å². The maximum Gasteiger partial charge on any atom is 0.232 e. The molecule has 0 spiro atoms. The molecule has 1 saturated heterocycles. The first kappa shape index (κ1) is 17.8. The molecule has 0 amide bonds. The summed E-state index contributed by atoms with van der Waals surface area (Å²) in [7, 11) is 0. The van der Waals surface area contributed by atoms with Crippen LogP contribution >= 0.6 is 11.8 Å². The van der Waals surface area contributed by atoms with Crippen LogP contribution in [0.1, 0.15) is 10.4 Å². The summed E-state index contributed by atoms with van der Waals surface area (Å²) >= 11 is 1.41. The highest BCUT2D eigenvalue weighted by molar-refractivity contribution is 7.99. The predicted octanol–water partition coefficient (Wildman–Crippen LogP) is 3.08. The Morgan fingerprint density at radius 1 is 0.963 bits per heavy atom. The number of benzene rings is 2. The second-order valence-electron chi connectivity index (χ2n) is 6.13. The third-order valence-corrected chi connectivity index (χ3v) is 5.28. The number of morpholine rings is 1. The number of ketones is 1. The van der Waals surface area contributed by atoms with Crippen LogP contribution in [0.2, 0.25) is 0 Å². The summed E-state index contributed by atoms with van der Waals surface area (Å²) < 4.78 is 7.47. The molecule has 2 aromatic carbocycles. The molecular formula is C20H20N4O2S. The molecule has 2 heterocycles. The number of rotatable bonds is 6. The van der Waals surface area contributed by atoms with Gasteiger partial charge in [-0.25, -0.2) is 0 Å². The van der Waals surface area contributed by atoms with Crippen molar-refractivity contribution in [3.8, 4) is 5.69 Å². The highest BCUT2D eigenvalue weighted by Gasteiger charge is 2.22. The minimum absolute atomic E-state index is 0.0798. The Morgan fingerprint density at radius 3 is 2.33 bits per heavy atom. The van der Waals surface area contributed by atoms with Crippen LogP contribution in [0.5, 0.6) is 0 Å². The Labute approximate surface area is 162 Å². The van der Waals surface area contributed by atoms with E-state index in [1.165, 1.54) is 11.8 Å². The van der Waals surface area contributed by atoms with E-state index in [9.17, 15) is 4.79 Å². The number of thioether (sulfide) groups is 1. The van der Waals surface area contributed by atoms with E-state index in [2.05, 4.69) is 15.1 Å². The topological polar surface area (TPSA) is 60.3 Å². The maximum absolute atomic E-state index is 12.5. The molecule has 6 nitrogen and oxygen atoms in total. The standard InChI is InChI=1S/C20H20N4O2S/c25-18(16-7-3-1-4-8-16)15-27-20-22-21-19(23-11-13-26-14-12-23)24(20)17-9-5-2-6-10-17/h1-10H,11-15H2. The van der Waals surface area contributed by atoms with Crippen molar-refractivity contribution in [1.29, 1.82) is 0 Å². The van der Waals surface area contributed by atoms with Gasteiger partial charge >= 0.3 is 0 Å². The van der Waals surface area contributed by atoms with Gasteiger partial charge < -0.3 is 9.64 Å². The van der Waals surface area contributed by atoms with Crippen LogP contribution in [0.4, 0.5) is 5.95 Å². The SMILES string of the molecule is O=C(CSc1nnc(N2CCOCC2)n1-c1ccccc1)c1ccccc1. The van der Waals surface area contributed by atoms with Crippen LogP contribution in [-0.2, 0) is 4.74 Å². The minimum atomic E-state index is 0.0798. The van der Waals surface area contributed by atoms with Crippen molar-refractivity contribution in [3.05, 3.63) is 66.2 Å². The van der Waals surface area contributed by atoms with Gasteiger partial charge in [-0.2, -0.15) is 0 Å². The average Bonchev–Trinajstić information content (AvgIpc) is 3.18. The summed E-state index contributed by atoms with van der Waals surface area (Å²) in [5, 5.41) is 9.51. The van der Waals surface area contributed by atoms with Crippen LogP contribution in [0, 0.1) is 0 Å². The lowest BCUT2D eigenvalue weighted by molar-refractivity contribution is 0.102. The van der Waals surface area contributed by atoms with Crippen LogP contribution < -0.4 is 4.90 Å². The van der Waals surface area contributed by atoms with E-state index >= 15 is 0 Å². The first-order chi connectivity index (χ1) is 13.3. The Hall–Kier alpha value is -2.64. The van der Waals surface area contributed by atoms with Gasteiger partial charge in [-0.15, -0.1) is 10.2 Å². The van der Waals surface area contributed by atoms with Gasteiger partial charge in [0.25, 0.3) is 0 Å². The van der Waals surface area contributed by atoms with Crippen molar-refractivity contribution in [2.24, 2.45) is 0 Å². The maximum atomic E-state index is 12.5. The second kappa shape index (κ2) is 8.37. The number of aromatic nitrogens is 3. The molecule has 4 rings (SSSR count). The third-order valence-electron chi connectivity index (χ3n) is 4.35. The fourth-order valence-corrected chi connectivity index (χ4v) is 3.81. The Bertz CT molecular complexity index is 893. The molecule has 138 valence electrons. The molecule has 0 radical (unpaired) electrons. The van der Waals surface area contributed by atoms with E-state index < -0.39 is 0 Å². The molecule has 0 saturated carbocycles. The molecule has 0 aliphatic carbocycles. The molecule has 1 aliphatic rings. The van der Waals surface area contributed by atoms with Crippen molar-refractivity contribution in [2.45, 2.75) is 5.16 Å². The molecule has 27 heavy (non-hydrogen) atoms. The first-order valence-corrected chi connectivity index (χ1v) is 9.86. The van der Waals surface area contributed by atoms with Crippen LogP contribution in [-0.4, -0.2) is 52.6 Å². The Morgan fingerprint density at radius 2 is 1.63 bits per heavy atom.